The van der Waals surface area contributed by atoms with Gasteiger partial charge in [0, 0.05) is 68.3 Å². The molecule has 176 valence electrons. The molecule has 2 amide bonds. The van der Waals surface area contributed by atoms with E-state index in [2.05, 4.69) is 69.3 Å². The summed E-state index contributed by atoms with van der Waals surface area (Å²) in [5, 5.41) is 1.25. The lowest BCUT2D eigenvalue weighted by Crippen LogP contribution is -2.47. The van der Waals surface area contributed by atoms with Crippen molar-refractivity contribution < 1.29 is 4.79 Å². The van der Waals surface area contributed by atoms with Gasteiger partial charge in [-0.05, 0) is 68.1 Å². The molecule has 0 N–H and O–H groups in total. The van der Waals surface area contributed by atoms with Gasteiger partial charge in [0.2, 0.25) is 0 Å². The minimum atomic E-state index is 0.189. The highest BCUT2D eigenvalue weighted by molar-refractivity contribution is 5.95. The first kappa shape index (κ1) is 21.4. The number of rotatable bonds is 5. The Morgan fingerprint density at radius 2 is 1.82 bits per heavy atom. The molecule has 6 rings (SSSR count). The van der Waals surface area contributed by atoms with Gasteiger partial charge < -0.3 is 9.80 Å². The summed E-state index contributed by atoms with van der Waals surface area (Å²) in [6.07, 6.45) is 3.30. The number of aromatic nitrogens is 1. The Morgan fingerprint density at radius 3 is 2.68 bits per heavy atom. The fourth-order valence-electron chi connectivity index (χ4n) is 5.83. The molecule has 34 heavy (non-hydrogen) atoms. The summed E-state index contributed by atoms with van der Waals surface area (Å²) >= 11 is 0. The standard InChI is InChI=1S/C28H33N5O/c1-21-10-11-25-26(29-21)8-3-9-27(25)31-17-15-30(16-18-31)14-12-22-5-2-6-23(19-22)33-20-24-7-4-13-32(24)28(33)34/h2-3,5-6,8-11,19,24H,4,7,12-18,20H2,1H3. The molecule has 4 heterocycles. The fourth-order valence-corrected chi connectivity index (χ4v) is 5.83. The number of pyridine rings is 1. The van der Waals surface area contributed by atoms with Crippen molar-refractivity contribution in [3.05, 3.63) is 65.9 Å². The quantitative estimate of drug-likeness (QED) is 0.575. The van der Waals surface area contributed by atoms with Gasteiger partial charge in [-0.2, -0.15) is 0 Å². The van der Waals surface area contributed by atoms with Crippen molar-refractivity contribution in [2.45, 2.75) is 32.2 Å². The van der Waals surface area contributed by atoms with Crippen LogP contribution in [0.5, 0.6) is 0 Å². The lowest BCUT2D eigenvalue weighted by atomic mass is 10.1. The third-order valence-corrected chi connectivity index (χ3v) is 7.75. The van der Waals surface area contributed by atoms with E-state index < -0.39 is 0 Å². The van der Waals surface area contributed by atoms with Crippen LogP contribution in [0.25, 0.3) is 10.9 Å². The molecule has 0 aliphatic carbocycles. The van der Waals surface area contributed by atoms with Gasteiger partial charge in [-0.25, -0.2) is 4.79 Å². The van der Waals surface area contributed by atoms with E-state index in [9.17, 15) is 4.79 Å². The third-order valence-electron chi connectivity index (χ3n) is 7.75. The van der Waals surface area contributed by atoms with Gasteiger partial charge in [0.15, 0.2) is 0 Å². The number of benzene rings is 2. The van der Waals surface area contributed by atoms with Gasteiger partial charge in [-0.15, -0.1) is 0 Å². The van der Waals surface area contributed by atoms with Crippen LogP contribution < -0.4 is 9.80 Å². The molecule has 0 spiro atoms. The molecule has 3 fully saturated rings. The first-order valence-electron chi connectivity index (χ1n) is 12.7. The van der Waals surface area contributed by atoms with Gasteiger partial charge >= 0.3 is 6.03 Å². The van der Waals surface area contributed by atoms with E-state index in [-0.39, 0.29) is 6.03 Å². The minimum Gasteiger partial charge on any atom is -0.368 e. The summed E-state index contributed by atoms with van der Waals surface area (Å²) in [5.41, 5.74) is 5.81. The van der Waals surface area contributed by atoms with E-state index in [1.807, 2.05) is 11.8 Å². The second kappa shape index (κ2) is 8.91. The monoisotopic (exact) mass is 455 g/mol. The molecular weight excluding hydrogens is 422 g/mol. The number of urea groups is 1. The van der Waals surface area contributed by atoms with E-state index >= 15 is 0 Å². The van der Waals surface area contributed by atoms with Crippen LogP contribution in [-0.2, 0) is 6.42 Å². The third kappa shape index (κ3) is 4.00. The van der Waals surface area contributed by atoms with E-state index in [0.29, 0.717) is 6.04 Å². The highest BCUT2D eigenvalue weighted by atomic mass is 16.2. The summed E-state index contributed by atoms with van der Waals surface area (Å²) in [7, 11) is 0. The SMILES string of the molecule is Cc1ccc2c(N3CCN(CCc4cccc(N5CC6CCCN6C5=O)c4)CC3)cccc2n1. The van der Waals surface area contributed by atoms with Gasteiger partial charge in [0.1, 0.15) is 0 Å². The van der Waals surface area contributed by atoms with E-state index in [0.717, 1.165) is 82.0 Å². The van der Waals surface area contributed by atoms with Crippen LogP contribution in [0.1, 0.15) is 24.1 Å². The minimum absolute atomic E-state index is 0.189. The fraction of sp³-hybridized carbons (Fsp3) is 0.429. The molecule has 6 nitrogen and oxygen atoms in total. The van der Waals surface area contributed by atoms with Gasteiger partial charge in [-0.1, -0.05) is 18.2 Å². The number of hydrogen-bond donors (Lipinski definition) is 0. The molecule has 2 aromatic carbocycles. The van der Waals surface area contributed by atoms with Crippen LogP contribution >= 0.6 is 0 Å². The number of nitrogens with zero attached hydrogens (tertiary/aromatic N) is 5. The zero-order chi connectivity index (χ0) is 23.1. The normalized spacial score (nSPS) is 21.0. The smallest absolute Gasteiger partial charge is 0.324 e. The van der Waals surface area contributed by atoms with Crippen LogP contribution in [0.3, 0.4) is 0 Å². The molecule has 1 aromatic heterocycles. The van der Waals surface area contributed by atoms with Crippen molar-refractivity contribution in [2.24, 2.45) is 0 Å². The number of aryl methyl sites for hydroxylation is 1. The average Bonchev–Trinajstić information content (AvgIpc) is 3.45. The number of piperazine rings is 1. The predicted octanol–water partition coefficient (Wildman–Crippen LogP) is 4.31. The van der Waals surface area contributed by atoms with Gasteiger partial charge in [-0.3, -0.25) is 14.8 Å². The summed E-state index contributed by atoms with van der Waals surface area (Å²) in [6, 6.07) is 20.0. The summed E-state index contributed by atoms with van der Waals surface area (Å²) in [5.74, 6) is 0. The molecular formula is C28H33N5O. The molecule has 0 radical (unpaired) electrons. The lowest BCUT2D eigenvalue weighted by molar-refractivity contribution is 0.219. The molecule has 3 aliphatic heterocycles. The zero-order valence-corrected chi connectivity index (χ0v) is 20.0. The maximum atomic E-state index is 12.8. The number of anilines is 2. The highest BCUT2D eigenvalue weighted by Gasteiger charge is 2.40. The molecule has 0 saturated carbocycles. The molecule has 3 aliphatic rings. The molecule has 3 saturated heterocycles. The predicted molar refractivity (Wildman–Crippen MR) is 138 cm³/mol. The topological polar surface area (TPSA) is 42.9 Å². The maximum absolute atomic E-state index is 12.8. The van der Waals surface area contributed by atoms with Crippen molar-refractivity contribution in [2.75, 3.05) is 55.6 Å². The van der Waals surface area contributed by atoms with Crippen LogP contribution in [-0.4, -0.2) is 72.7 Å². The van der Waals surface area contributed by atoms with Gasteiger partial charge in [0.05, 0.1) is 11.6 Å². The summed E-state index contributed by atoms with van der Waals surface area (Å²) < 4.78 is 0. The van der Waals surface area contributed by atoms with Crippen molar-refractivity contribution in [1.29, 1.82) is 0 Å². The maximum Gasteiger partial charge on any atom is 0.324 e. The Labute approximate surface area is 201 Å². The Kier molecular flexibility index (Phi) is 5.61. The van der Waals surface area contributed by atoms with Crippen molar-refractivity contribution >= 4 is 28.3 Å². The van der Waals surface area contributed by atoms with Crippen molar-refractivity contribution in [3.63, 3.8) is 0 Å². The largest absolute Gasteiger partial charge is 0.368 e. The van der Waals surface area contributed by atoms with E-state index in [4.69, 9.17) is 4.98 Å². The summed E-state index contributed by atoms with van der Waals surface area (Å²) in [4.78, 5) is 26.6. The molecule has 1 atom stereocenters. The molecule has 6 heteroatoms. The number of fused-ring (bicyclic) bond motifs is 2. The Morgan fingerprint density at radius 1 is 0.971 bits per heavy atom. The Hall–Kier alpha value is -3.12. The van der Waals surface area contributed by atoms with Crippen LogP contribution in [0.2, 0.25) is 0 Å². The second-order valence-corrected chi connectivity index (χ2v) is 9.93. The zero-order valence-electron chi connectivity index (χ0n) is 20.0. The van der Waals surface area contributed by atoms with Gasteiger partial charge in [0.25, 0.3) is 0 Å². The number of carbonyl (C=O) groups is 1. The Balaban J connectivity index is 1.06. The van der Waals surface area contributed by atoms with Crippen molar-refractivity contribution in [3.8, 4) is 0 Å². The first-order chi connectivity index (χ1) is 16.7. The first-order valence-corrected chi connectivity index (χ1v) is 12.7. The van der Waals surface area contributed by atoms with Crippen molar-refractivity contribution in [1.82, 2.24) is 14.8 Å². The molecule has 0 bridgehead atoms. The summed E-state index contributed by atoms with van der Waals surface area (Å²) in [6.45, 7) is 9.06. The van der Waals surface area contributed by atoms with E-state index in [1.54, 1.807) is 0 Å². The Bertz CT molecular complexity index is 1200. The lowest BCUT2D eigenvalue weighted by Gasteiger charge is -2.36. The average molecular weight is 456 g/mol. The van der Waals surface area contributed by atoms with E-state index in [1.165, 1.54) is 16.6 Å². The van der Waals surface area contributed by atoms with Crippen LogP contribution in [0.15, 0.2) is 54.6 Å². The molecule has 3 aromatic rings. The molecule has 1 unspecified atom stereocenters. The van der Waals surface area contributed by atoms with Crippen LogP contribution in [0, 0.1) is 6.92 Å². The van der Waals surface area contributed by atoms with Crippen LogP contribution in [0.4, 0.5) is 16.2 Å². The highest BCUT2D eigenvalue weighted by Crippen LogP contribution is 2.31. The number of carbonyl (C=O) groups excluding carboxylic acids is 1. The number of hydrogen-bond acceptors (Lipinski definition) is 4. The number of amides is 2. The second-order valence-electron chi connectivity index (χ2n) is 9.93.